The molecule has 2 aromatic rings. The number of aliphatic hydroxyl groups is 1. The van der Waals surface area contributed by atoms with E-state index in [1.807, 2.05) is 0 Å². The molecule has 0 spiro atoms. The van der Waals surface area contributed by atoms with E-state index in [1.165, 1.54) is 18.2 Å². The van der Waals surface area contributed by atoms with E-state index in [-0.39, 0.29) is 28.7 Å². The molecule has 0 aromatic heterocycles. The summed E-state index contributed by atoms with van der Waals surface area (Å²) in [6.07, 6.45) is 1.01. The predicted molar refractivity (Wildman–Crippen MR) is 99.1 cm³/mol. The fourth-order valence-corrected chi connectivity index (χ4v) is 4.17. The Balaban J connectivity index is 2.08. The van der Waals surface area contributed by atoms with Crippen LogP contribution in [0.2, 0.25) is 0 Å². The van der Waals surface area contributed by atoms with Gasteiger partial charge in [0.05, 0.1) is 18.0 Å². The lowest BCUT2D eigenvalue weighted by Gasteiger charge is -2.14. The molecule has 1 aliphatic heterocycles. The van der Waals surface area contributed by atoms with E-state index in [1.54, 1.807) is 0 Å². The Hall–Kier alpha value is -2.84. The zero-order valence-electron chi connectivity index (χ0n) is 14.4. The summed E-state index contributed by atoms with van der Waals surface area (Å²) in [5.74, 6) is -1.32. The molecule has 0 atom stereocenters. The van der Waals surface area contributed by atoms with Gasteiger partial charge >= 0.3 is 0 Å². The molecule has 2 amide bonds. The van der Waals surface area contributed by atoms with E-state index in [0.29, 0.717) is 6.07 Å². The Kier molecular flexibility index (Phi) is 5.19. The molecule has 0 saturated heterocycles. The highest BCUT2D eigenvalue weighted by molar-refractivity contribution is 7.86. The largest absolute Gasteiger partial charge is 0.395 e. The molecule has 0 fully saturated rings. The van der Waals surface area contributed by atoms with E-state index in [9.17, 15) is 35.5 Å². The van der Waals surface area contributed by atoms with Gasteiger partial charge in [-0.1, -0.05) is 6.07 Å². The van der Waals surface area contributed by atoms with Gasteiger partial charge in [-0.2, -0.15) is 16.8 Å². The molecular weight excluding hydrogens is 428 g/mol. The Labute approximate surface area is 164 Å². The number of amides is 2. The quantitative estimate of drug-likeness (QED) is 0.351. The monoisotopic (exact) mass is 442 g/mol. The van der Waals surface area contributed by atoms with Crippen molar-refractivity contribution in [3.63, 3.8) is 0 Å². The summed E-state index contributed by atoms with van der Waals surface area (Å²) in [6, 6.07) is 5.47. The van der Waals surface area contributed by atoms with Crippen LogP contribution in [-0.4, -0.2) is 60.9 Å². The van der Waals surface area contributed by atoms with Crippen molar-refractivity contribution in [2.45, 2.75) is 9.79 Å². The maximum absolute atomic E-state index is 12.2. The molecular formula is C16H14N2O9S2. The zero-order valence-corrected chi connectivity index (χ0v) is 16.1. The van der Waals surface area contributed by atoms with Crippen LogP contribution in [-0.2, 0) is 29.8 Å². The van der Waals surface area contributed by atoms with Crippen molar-refractivity contribution in [3.05, 3.63) is 42.1 Å². The van der Waals surface area contributed by atoms with Crippen LogP contribution in [0.3, 0.4) is 0 Å². The summed E-state index contributed by atoms with van der Waals surface area (Å²) in [7, 11) is -9.59. The lowest BCUT2D eigenvalue weighted by molar-refractivity contribution is -0.137. The standard InChI is InChI=1S/C16H14N2O9S2/c19-4-3-18-15(20)8-13(16(18)21)17-10-1-2-12-9(5-10)6-11(28(22,23)24)7-14(12)29(25,26)27/h1-2,5-8,17,19H,3-4H2,(H,22,23,24)(H,25,26,27). The van der Waals surface area contributed by atoms with Crippen molar-refractivity contribution in [1.29, 1.82) is 0 Å². The number of fused-ring (bicyclic) bond motifs is 1. The van der Waals surface area contributed by atoms with Crippen LogP contribution in [0.1, 0.15) is 0 Å². The minimum Gasteiger partial charge on any atom is -0.395 e. The Morgan fingerprint density at radius 3 is 2.24 bits per heavy atom. The lowest BCUT2D eigenvalue weighted by atomic mass is 10.1. The highest BCUT2D eigenvalue weighted by atomic mass is 32.2. The fourth-order valence-electron chi connectivity index (χ4n) is 2.81. The fraction of sp³-hybridized carbons (Fsp3) is 0.125. The maximum atomic E-state index is 12.2. The van der Waals surface area contributed by atoms with Gasteiger partial charge in [0, 0.05) is 17.1 Å². The minimum atomic E-state index is -4.81. The minimum absolute atomic E-state index is 0.0161. The molecule has 0 saturated carbocycles. The van der Waals surface area contributed by atoms with Crippen LogP contribution in [0.4, 0.5) is 5.69 Å². The van der Waals surface area contributed by atoms with Crippen LogP contribution in [0.25, 0.3) is 10.8 Å². The summed E-state index contributed by atoms with van der Waals surface area (Å²) in [6.45, 7) is -0.599. The average molecular weight is 442 g/mol. The second-order valence-corrected chi connectivity index (χ2v) is 8.82. The first-order valence-corrected chi connectivity index (χ1v) is 10.8. The van der Waals surface area contributed by atoms with Crippen molar-refractivity contribution >= 4 is 48.5 Å². The van der Waals surface area contributed by atoms with E-state index in [0.717, 1.165) is 17.0 Å². The summed E-state index contributed by atoms with van der Waals surface area (Å²) in [5, 5.41) is 11.6. The number of nitrogens with zero attached hydrogens (tertiary/aromatic N) is 1. The first-order chi connectivity index (χ1) is 13.4. The average Bonchev–Trinajstić information content (AvgIpc) is 2.87. The highest BCUT2D eigenvalue weighted by Crippen LogP contribution is 2.30. The SMILES string of the molecule is O=C1C=C(Nc2ccc3c(S(=O)(=O)O)cc(S(=O)(=O)O)cc3c2)C(=O)N1CCO. The molecule has 0 unspecified atom stereocenters. The Bertz CT molecular complexity index is 1280. The number of carbonyl (C=O) groups is 2. The number of rotatable bonds is 6. The summed E-state index contributed by atoms with van der Waals surface area (Å²) in [5.41, 5.74) is 0.0910. The van der Waals surface area contributed by atoms with E-state index < -0.39 is 48.4 Å². The van der Waals surface area contributed by atoms with Crippen LogP contribution in [0, 0.1) is 0 Å². The van der Waals surface area contributed by atoms with Crippen LogP contribution in [0.5, 0.6) is 0 Å². The number of aliphatic hydroxyl groups excluding tert-OH is 1. The van der Waals surface area contributed by atoms with Gasteiger partial charge in [0.1, 0.15) is 10.6 Å². The molecule has 11 nitrogen and oxygen atoms in total. The predicted octanol–water partition coefficient (Wildman–Crippen LogP) is -0.00990. The molecule has 29 heavy (non-hydrogen) atoms. The molecule has 0 bridgehead atoms. The van der Waals surface area contributed by atoms with Gasteiger partial charge < -0.3 is 10.4 Å². The molecule has 3 rings (SSSR count). The van der Waals surface area contributed by atoms with Crippen molar-refractivity contribution in [1.82, 2.24) is 4.90 Å². The number of nitrogens with one attached hydrogen (secondary N) is 1. The number of carbonyl (C=O) groups excluding carboxylic acids is 2. The second-order valence-electron chi connectivity index (χ2n) is 6.01. The van der Waals surface area contributed by atoms with Crippen molar-refractivity contribution in [3.8, 4) is 0 Å². The third-order valence-corrected chi connectivity index (χ3v) is 5.80. The molecule has 1 heterocycles. The highest BCUT2D eigenvalue weighted by Gasteiger charge is 2.30. The van der Waals surface area contributed by atoms with Crippen LogP contribution >= 0.6 is 0 Å². The van der Waals surface area contributed by atoms with E-state index in [4.69, 9.17) is 5.11 Å². The molecule has 1 aliphatic rings. The number of imide groups is 1. The molecule has 0 aliphatic carbocycles. The summed E-state index contributed by atoms with van der Waals surface area (Å²) in [4.78, 5) is 23.3. The first-order valence-electron chi connectivity index (χ1n) is 7.90. The Morgan fingerprint density at radius 2 is 1.66 bits per heavy atom. The number of hydrogen-bond donors (Lipinski definition) is 4. The van der Waals surface area contributed by atoms with Gasteiger partial charge in [-0.3, -0.25) is 23.6 Å². The smallest absolute Gasteiger partial charge is 0.295 e. The molecule has 154 valence electrons. The summed E-state index contributed by atoms with van der Waals surface area (Å²) >= 11 is 0. The van der Waals surface area contributed by atoms with Crippen molar-refractivity contribution in [2.24, 2.45) is 0 Å². The number of β-amino-alcohol motifs (C(OH)–C–C–N with tert-alkyl or cyclic N) is 1. The topological polar surface area (TPSA) is 178 Å². The van der Waals surface area contributed by atoms with Gasteiger partial charge in [0.25, 0.3) is 32.1 Å². The molecule has 0 radical (unpaired) electrons. The van der Waals surface area contributed by atoms with Crippen molar-refractivity contribution in [2.75, 3.05) is 18.5 Å². The third-order valence-electron chi connectivity index (χ3n) is 4.08. The second kappa shape index (κ2) is 7.20. The summed E-state index contributed by atoms with van der Waals surface area (Å²) < 4.78 is 64.7. The van der Waals surface area contributed by atoms with Crippen molar-refractivity contribution < 1.29 is 40.6 Å². The van der Waals surface area contributed by atoms with Crippen LogP contribution < -0.4 is 5.32 Å². The van der Waals surface area contributed by atoms with Crippen LogP contribution in [0.15, 0.2) is 51.9 Å². The van der Waals surface area contributed by atoms with Gasteiger partial charge in [-0.25, -0.2) is 0 Å². The maximum Gasteiger partial charge on any atom is 0.295 e. The number of benzene rings is 2. The van der Waals surface area contributed by atoms with E-state index >= 15 is 0 Å². The first kappa shape index (κ1) is 20.9. The van der Waals surface area contributed by atoms with Gasteiger partial charge in [-0.15, -0.1) is 0 Å². The molecule has 4 N–H and O–H groups in total. The third kappa shape index (κ3) is 4.13. The van der Waals surface area contributed by atoms with E-state index in [2.05, 4.69) is 5.32 Å². The van der Waals surface area contributed by atoms with Gasteiger partial charge in [0.2, 0.25) is 0 Å². The number of anilines is 1. The molecule has 2 aromatic carbocycles. The Morgan fingerprint density at radius 1 is 0.966 bits per heavy atom. The van der Waals surface area contributed by atoms with Gasteiger partial charge in [-0.05, 0) is 29.7 Å². The van der Waals surface area contributed by atoms with Gasteiger partial charge in [0.15, 0.2) is 0 Å². The normalized spacial score (nSPS) is 15.1. The zero-order chi connectivity index (χ0) is 21.6. The number of hydrogen-bond acceptors (Lipinski definition) is 8. The lowest BCUT2D eigenvalue weighted by Crippen LogP contribution is -2.34. The molecule has 13 heteroatoms.